The molecule has 2 aromatic heterocycles. The average molecular weight is 931 g/mol. The Hall–Kier alpha value is -7.11. The highest BCUT2D eigenvalue weighted by molar-refractivity contribution is 6.09. The van der Waals surface area contributed by atoms with Gasteiger partial charge >= 0.3 is 0 Å². The molecule has 1 spiro atoms. The summed E-state index contributed by atoms with van der Waals surface area (Å²) >= 11 is 0. The molecule has 71 heavy (non-hydrogen) atoms. The van der Waals surface area contributed by atoms with Gasteiger partial charge in [-0.2, -0.15) is 0 Å². The molecule has 1 aliphatic carbocycles. The molecule has 5 heteroatoms. The Bertz CT molecular complexity index is 3580. The maximum absolute atomic E-state index is 7.14. The minimum atomic E-state index is -0.620. The number of hydrogen-bond acceptors (Lipinski definition) is 4. The lowest BCUT2D eigenvalue weighted by molar-refractivity contribution is 0.482. The van der Waals surface area contributed by atoms with Gasteiger partial charge in [-0.05, 0) is 131 Å². The number of anilines is 3. The van der Waals surface area contributed by atoms with Crippen molar-refractivity contribution in [3.8, 4) is 39.6 Å². The van der Waals surface area contributed by atoms with Crippen LogP contribution in [0.1, 0.15) is 128 Å². The van der Waals surface area contributed by atoms with E-state index in [-0.39, 0.29) is 21.7 Å². The first-order chi connectivity index (χ1) is 33.6. The van der Waals surface area contributed by atoms with Gasteiger partial charge in [0.2, 0.25) is 0 Å². The molecule has 0 unspecified atom stereocenters. The molecule has 0 amide bonds. The molecule has 0 N–H and O–H groups in total. The third-order valence-electron chi connectivity index (χ3n) is 15.7. The number of nitrogens with zero attached hydrogens (tertiary/aromatic N) is 4. The van der Waals surface area contributed by atoms with E-state index in [0.717, 1.165) is 51.5 Å². The predicted molar refractivity (Wildman–Crippen MR) is 298 cm³/mol. The second kappa shape index (κ2) is 15.2. The molecular formula is C66H66N4O. The van der Waals surface area contributed by atoms with Crippen LogP contribution in [0.15, 0.2) is 152 Å². The summed E-state index contributed by atoms with van der Waals surface area (Å²) in [5.41, 5.74) is 20.9. The van der Waals surface area contributed by atoms with Crippen molar-refractivity contribution < 1.29 is 4.74 Å². The fraction of sp³-hybridized carbons (Fsp3) is 0.288. The molecule has 7 aromatic carbocycles. The minimum Gasteiger partial charge on any atom is -0.457 e. The highest BCUT2D eigenvalue weighted by Crippen LogP contribution is 2.68. The van der Waals surface area contributed by atoms with Gasteiger partial charge < -0.3 is 14.5 Å². The molecule has 12 rings (SSSR count). The lowest BCUT2D eigenvalue weighted by atomic mass is 9.59. The van der Waals surface area contributed by atoms with E-state index in [1.165, 1.54) is 78.1 Å². The Morgan fingerprint density at radius 1 is 0.493 bits per heavy atom. The molecule has 0 radical (unpaired) electrons. The van der Waals surface area contributed by atoms with Crippen LogP contribution in [0.2, 0.25) is 0 Å². The van der Waals surface area contributed by atoms with Crippen molar-refractivity contribution >= 4 is 38.9 Å². The van der Waals surface area contributed by atoms with Crippen molar-refractivity contribution in [3.05, 3.63) is 196 Å². The van der Waals surface area contributed by atoms with E-state index >= 15 is 0 Å². The summed E-state index contributed by atoms with van der Waals surface area (Å²) in [6.07, 6.45) is 1.92. The van der Waals surface area contributed by atoms with E-state index < -0.39 is 5.41 Å². The van der Waals surface area contributed by atoms with Crippen LogP contribution in [0.25, 0.3) is 49.9 Å². The zero-order valence-corrected chi connectivity index (χ0v) is 43.8. The van der Waals surface area contributed by atoms with Gasteiger partial charge in [0.15, 0.2) is 0 Å². The van der Waals surface area contributed by atoms with E-state index in [2.05, 4.69) is 250 Å². The van der Waals surface area contributed by atoms with E-state index in [4.69, 9.17) is 9.72 Å². The maximum atomic E-state index is 7.14. The third kappa shape index (κ3) is 6.75. The fourth-order valence-corrected chi connectivity index (χ4v) is 12.2. The molecule has 0 saturated heterocycles. The fourth-order valence-electron chi connectivity index (χ4n) is 12.2. The number of aromatic nitrogens is 2. The molecule has 4 heterocycles. The Kier molecular flexibility index (Phi) is 9.65. The Morgan fingerprint density at radius 2 is 1.10 bits per heavy atom. The van der Waals surface area contributed by atoms with Crippen LogP contribution in [-0.2, 0) is 27.1 Å². The van der Waals surface area contributed by atoms with Crippen LogP contribution in [0.4, 0.5) is 17.1 Å². The third-order valence-corrected chi connectivity index (χ3v) is 15.7. The van der Waals surface area contributed by atoms with Gasteiger partial charge in [-0.15, -0.1) is 0 Å². The zero-order valence-electron chi connectivity index (χ0n) is 43.8. The summed E-state index contributed by atoms with van der Waals surface area (Å²) in [5, 5.41) is 2.34. The summed E-state index contributed by atoms with van der Waals surface area (Å²) in [7, 11) is 2.24. The number of fused-ring (bicyclic) bond motifs is 12. The molecule has 3 aliphatic rings. The minimum absolute atomic E-state index is 0.0518. The molecular weight excluding hydrogens is 865 g/mol. The van der Waals surface area contributed by atoms with Crippen LogP contribution < -0.4 is 14.5 Å². The highest BCUT2D eigenvalue weighted by Gasteiger charge is 2.57. The Morgan fingerprint density at radius 3 is 1.75 bits per heavy atom. The summed E-state index contributed by atoms with van der Waals surface area (Å²) < 4.78 is 9.42. The van der Waals surface area contributed by atoms with Crippen LogP contribution in [0, 0.1) is 0 Å². The van der Waals surface area contributed by atoms with Gasteiger partial charge in [0, 0.05) is 36.1 Å². The first-order valence-corrected chi connectivity index (χ1v) is 25.5. The first kappa shape index (κ1) is 45.1. The number of benzene rings is 7. The van der Waals surface area contributed by atoms with Gasteiger partial charge in [-0.25, -0.2) is 4.98 Å². The van der Waals surface area contributed by atoms with Crippen molar-refractivity contribution in [1.82, 2.24) is 9.55 Å². The van der Waals surface area contributed by atoms with Gasteiger partial charge in [-0.3, -0.25) is 4.57 Å². The van der Waals surface area contributed by atoms with Crippen LogP contribution in [0.3, 0.4) is 0 Å². The lowest BCUT2D eigenvalue weighted by Crippen LogP contribution is -2.40. The molecule has 0 saturated carbocycles. The number of hydrogen-bond donors (Lipinski definition) is 0. The van der Waals surface area contributed by atoms with Crippen LogP contribution in [-0.4, -0.2) is 23.3 Å². The number of ether oxygens (including phenoxy) is 1. The summed E-state index contributed by atoms with van der Waals surface area (Å²) in [4.78, 5) is 9.95. The van der Waals surface area contributed by atoms with Gasteiger partial charge in [0.25, 0.3) is 0 Å². The number of pyridine rings is 1. The second-order valence-electron chi connectivity index (χ2n) is 24.7. The van der Waals surface area contributed by atoms with Crippen LogP contribution >= 0.6 is 0 Å². The largest absolute Gasteiger partial charge is 0.457 e. The smallest absolute Gasteiger partial charge is 0.138 e. The molecule has 0 bridgehead atoms. The second-order valence-corrected chi connectivity index (χ2v) is 24.7. The van der Waals surface area contributed by atoms with Crippen molar-refractivity contribution in [1.29, 1.82) is 0 Å². The van der Waals surface area contributed by atoms with Gasteiger partial charge in [-0.1, -0.05) is 174 Å². The lowest BCUT2D eigenvalue weighted by Gasteiger charge is -2.46. The van der Waals surface area contributed by atoms with Crippen molar-refractivity contribution in [2.75, 3.05) is 23.5 Å². The SMILES string of the molecule is CN1CN2c3cc(Oc4ccc5c6ccccc6n(-c6cc(-c7ccccc7)ccn6)c5c4)ccc3C3(c4cccc1c42)c1c(cc(C(C)(C)C)cc1C(C)(C)C)-c1cc(C(C)(C)C)cc(C(C)(C)C)c13. The van der Waals surface area contributed by atoms with E-state index in [0.29, 0.717) is 0 Å². The van der Waals surface area contributed by atoms with Gasteiger partial charge in [0.05, 0.1) is 40.2 Å². The quantitative estimate of drug-likeness (QED) is 0.176. The highest BCUT2D eigenvalue weighted by atomic mass is 16.5. The number of para-hydroxylation sites is 2. The van der Waals surface area contributed by atoms with Gasteiger partial charge in [0.1, 0.15) is 17.3 Å². The molecule has 5 nitrogen and oxygen atoms in total. The molecule has 0 fully saturated rings. The Labute approximate surface area is 420 Å². The zero-order chi connectivity index (χ0) is 49.7. The van der Waals surface area contributed by atoms with Crippen LogP contribution in [0.5, 0.6) is 11.5 Å². The summed E-state index contributed by atoms with van der Waals surface area (Å²) in [6.45, 7) is 29.4. The monoisotopic (exact) mass is 931 g/mol. The predicted octanol–water partition coefficient (Wildman–Crippen LogP) is 17.0. The molecule has 2 aliphatic heterocycles. The van der Waals surface area contributed by atoms with E-state index in [1.807, 2.05) is 6.20 Å². The topological polar surface area (TPSA) is 33.5 Å². The van der Waals surface area contributed by atoms with E-state index in [1.54, 1.807) is 0 Å². The van der Waals surface area contributed by atoms with Crippen molar-refractivity contribution in [3.63, 3.8) is 0 Å². The molecule has 356 valence electrons. The normalized spacial score (nSPS) is 14.8. The van der Waals surface area contributed by atoms with Crippen molar-refractivity contribution in [2.24, 2.45) is 0 Å². The maximum Gasteiger partial charge on any atom is 0.138 e. The summed E-state index contributed by atoms with van der Waals surface area (Å²) in [5.74, 6) is 2.45. The number of rotatable bonds is 4. The van der Waals surface area contributed by atoms with E-state index in [9.17, 15) is 0 Å². The first-order valence-electron chi connectivity index (χ1n) is 25.5. The van der Waals surface area contributed by atoms with Crippen molar-refractivity contribution in [2.45, 2.75) is 110 Å². The molecule has 0 atom stereocenters. The Balaban J connectivity index is 1.11. The summed E-state index contributed by atoms with van der Waals surface area (Å²) in [6, 6.07) is 54.3. The standard InChI is InChI=1S/C66H66N4O/c1-62(2,3)42-33-48-49-34-43(63(4,5)6)36-53(65(10,11)12)60(49)66(59(48)52(35-42)64(7,8)9)50-29-27-45(38-57(50)69-39-68(13)55-25-19-23-51(66)61(55)69)71-44-26-28-47-46-22-17-18-24-54(46)70(56(47)37-44)58-32-41(30-31-67-58)40-20-15-14-16-21-40/h14-38H,39H2,1-13H3. The average Bonchev–Trinajstić information content (AvgIpc) is 3.95. The molecule has 9 aromatic rings.